The summed E-state index contributed by atoms with van der Waals surface area (Å²) in [7, 11) is 0.467. The first-order valence-electron chi connectivity index (χ1n) is 2.98. The standard InChI is InChI=1S/C6H12O2Si/c1-3-4-5(2)6(7)8-9/h2-4H2,1,9H3. The van der Waals surface area contributed by atoms with Gasteiger partial charge in [-0.15, -0.1) is 0 Å². The van der Waals surface area contributed by atoms with Gasteiger partial charge in [0.1, 0.15) is 0 Å². The van der Waals surface area contributed by atoms with Crippen molar-refractivity contribution >= 4 is 16.5 Å². The average molecular weight is 144 g/mol. The Kier molecular flexibility index (Phi) is 4.04. The van der Waals surface area contributed by atoms with Crippen LogP contribution in [0.15, 0.2) is 12.2 Å². The molecule has 0 fully saturated rings. The van der Waals surface area contributed by atoms with E-state index in [4.69, 9.17) is 0 Å². The van der Waals surface area contributed by atoms with Gasteiger partial charge < -0.3 is 4.43 Å². The Morgan fingerprint density at radius 1 is 1.78 bits per heavy atom. The molecular formula is C6H12O2Si. The molecule has 0 atom stereocenters. The fraction of sp³-hybridized carbons (Fsp3) is 0.500. The Balaban J connectivity index is 3.60. The van der Waals surface area contributed by atoms with Crippen LogP contribution in [0.5, 0.6) is 0 Å². The van der Waals surface area contributed by atoms with Crippen molar-refractivity contribution in [3.63, 3.8) is 0 Å². The monoisotopic (exact) mass is 144 g/mol. The molecular weight excluding hydrogens is 132 g/mol. The summed E-state index contributed by atoms with van der Waals surface area (Å²) in [4.78, 5) is 10.6. The number of carbonyl (C=O) groups excluding carboxylic acids is 1. The average Bonchev–Trinajstić information content (AvgIpc) is 1.87. The minimum Gasteiger partial charge on any atom is -0.526 e. The molecule has 0 spiro atoms. The molecule has 0 aliphatic heterocycles. The second kappa shape index (κ2) is 4.32. The molecule has 0 heterocycles. The van der Waals surface area contributed by atoms with Crippen LogP contribution in [0.25, 0.3) is 0 Å². The highest BCUT2D eigenvalue weighted by molar-refractivity contribution is 6.08. The zero-order chi connectivity index (χ0) is 7.28. The lowest BCUT2D eigenvalue weighted by atomic mass is 10.2. The van der Waals surface area contributed by atoms with Crippen molar-refractivity contribution in [3.8, 4) is 0 Å². The van der Waals surface area contributed by atoms with Crippen LogP contribution in [0.4, 0.5) is 0 Å². The predicted octanol–water partition coefficient (Wildman–Crippen LogP) is 0.166. The van der Waals surface area contributed by atoms with Gasteiger partial charge in [0.05, 0.1) is 0 Å². The van der Waals surface area contributed by atoms with Crippen LogP contribution >= 0.6 is 0 Å². The summed E-state index contributed by atoms with van der Waals surface area (Å²) in [5.74, 6) is -0.233. The molecule has 0 aromatic heterocycles. The zero-order valence-electron chi connectivity index (χ0n) is 5.94. The Hall–Kier alpha value is -0.573. The third kappa shape index (κ3) is 3.08. The first-order valence-corrected chi connectivity index (χ1v) is 3.80. The normalized spacial score (nSPS) is 9.00. The highest BCUT2D eigenvalue weighted by atomic mass is 28.2. The van der Waals surface area contributed by atoms with Gasteiger partial charge in [0.25, 0.3) is 0 Å². The first kappa shape index (κ1) is 8.43. The lowest BCUT2D eigenvalue weighted by molar-refractivity contribution is -0.129. The molecule has 0 rings (SSSR count). The smallest absolute Gasteiger partial charge is 0.319 e. The lowest BCUT2D eigenvalue weighted by Crippen LogP contribution is -2.03. The molecule has 0 bridgehead atoms. The maximum Gasteiger partial charge on any atom is 0.319 e. The molecule has 52 valence electrons. The fourth-order valence-corrected chi connectivity index (χ4v) is 0.837. The van der Waals surface area contributed by atoms with E-state index in [0.29, 0.717) is 16.1 Å². The van der Waals surface area contributed by atoms with Gasteiger partial charge in [-0.2, -0.15) is 0 Å². The van der Waals surface area contributed by atoms with E-state index in [9.17, 15) is 4.79 Å². The van der Waals surface area contributed by atoms with Gasteiger partial charge in [0.2, 0.25) is 10.5 Å². The Morgan fingerprint density at radius 2 is 2.33 bits per heavy atom. The summed E-state index contributed by atoms with van der Waals surface area (Å²) in [6, 6.07) is 0. The largest absolute Gasteiger partial charge is 0.526 e. The van der Waals surface area contributed by atoms with Crippen molar-refractivity contribution in [2.75, 3.05) is 0 Å². The summed E-state index contributed by atoms with van der Waals surface area (Å²) < 4.78 is 4.56. The van der Waals surface area contributed by atoms with Crippen molar-refractivity contribution in [1.82, 2.24) is 0 Å². The van der Waals surface area contributed by atoms with E-state index in [0.717, 1.165) is 12.8 Å². The van der Waals surface area contributed by atoms with Crippen molar-refractivity contribution in [1.29, 1.82) is 0 Å². The molecule has 0 unspecified atom stereocenters. The topological polar surface area (TPSA) is 26.3 Å². The van der Waals surface area contributed by atoms with Crippen LogP contribution in [0.3, 0.4) is 0 Å². The summed E-state index contributed by atoms with van der Waals surface area (Å²) in [6.07, 6.45) is 1.70. The predicted molar refractivity (Wildman–Crippen MR) is 40.1 cm³/mol. The molecule has 2 nitrogen and oxygen atoms in total. The minimum absolute atomic E-state index is 0.233. The van der Waals surface area contributed by atoms with Gasteiger partial charge >= 0.3 is 5.97 Å². The van der Waals surface area contributed by atoms with Gasteiger partial charge in [-0.05, 0) is 6.42 Å². The number of rotatable bonds is 3. The second-order valence-corrected chi connectivity index (χ2v) is 2.25. The maximum absolute atomic E-state index is 10.6. The SMILES string of the molecule is C=C(CCC)C(=O)O[SiH3]. The van der Waals surface area contributed by atoms with Gasteiger partial charge in [0, 0.05) is 5.57 Å². The molecule has 0 aliphatic rings. The van der Waals surface area contributed by atoms with Gasteiger partial charge in [-0.25, -0.2) is 4.79 Å². The fourth-order valence-electron chi connectivity index (χ4n) is 0.548. The number of hydrogen-bond donors (Lipinski definition) is 0. The van der Waals surface area contributed by atoms with Crippen molar-refractivity contribution in [2.24, 2.45) is 0 Å². The molecule has 0 amide bonds. The minimum atomic E-state index is -0.233. The molecule has 0 aromatic carbocycles. The molecule has 0 saturated heterocycles. The zero-order valence-corrected chi connectivity index (χ0v) is 7.94. The Labute approximate surface area is 58.4 Å². The van der Waals surface area contributed by atoms with E-state index in [1.807, 2.05) is 6.92 Å². The highest BCUT2D eigenvalue weighted by Gasteiger charge is 2.02. The quantitative estimate of drug-likeness (QED) is 0.417. The summed E-state index contributed by atoms with van der Waals surface area (Å²) in [5, 5.41) is 0. The van der Waals surface area contributed by atoms with E-state index in [1.165, 1.54) is 0 Å². The van der Waals surface area contributed by atoms with Crippen LogP contribution in [0.1, 0.15) is 19.8 Å². The van der Waals surface area contributed by atoms with Crippen LogP contribution in [0, 0.1) is 0 Å². The summed E-state index contributed by atoms with van der Waals surface area (Å²) in [5.41, 5.74) is 0.590. The molecule has 3 heteroatoms. The van der Waals surface area contributed by atoms with Gasteiger partial charge in [-0.1, -0.05) is 19.9 Å². The van der Waals surface area contributed by atoms with Gasteiger partial charge in [-0.3, -0.25) is 0 Å². The molecule has 0 N–H and O–H groups in total. The molecule has 0 aromatic rings. The van der Waals surface area contributed by atoms with Crippen LogP contribution in [-0.4, -0.2) is 16.5 Å². The van der Waals surface area contributed by atoms with Crippen molar-refractivity contribution in [3.05, 3.63) is 12.2 Å². The van der Waals surface area contributed by atoms with Crippen LogP contribution in [0.2, 0.25) is 0 Å². The van der Waals surface area contributed by atoms with Crippen molar-refractivity contribution in [2.45, 2.75) is 19.8 Å². The van der Waals surface area contributed by atoms with Crippen LogP contribution in [-0.2, 0) is 9.22 Å². The number of carbonyl (C=O) groups is 1. The second-order valence-electron chi connectivity index (χ2n) is 1.85. The summed E-state index contributed by atoms with van der Waals surface area (Å²) >= 11 is 0. The third-order valence-corrected chi connectivity index (χ3v) is 1.40. The first-order chi connectivity index (χ1) is 4.22. The molecule has 9 heavy (non-hydrogen) atoms. The molecule has 0 radical (unpaired) electrons. The van der Waals surface area contributed by atoms with Crippen LogP contribution < -0.4 is 0 Å². The van der Waals surface area contributed by atoms with E-state index < -0.39 is 0 Å². The van der Waals surface area contributed by atoms with E-state index in [1.54, 1.807) is 0 Å². The summed E-state index contributed by atoms with van der Waals surface area (Å²) in [6.45, 7) is 5.57. The Bertz CT molecular complexity index is 120. The third-order valence-electron chi connectivity index (χ3n) is 1.03. The van der Waals surface area contributed by atoms with Gasteiger partial charge in [0.15, 0.2) is 0 Å². The molecule has 0 saturated carbocycles. The maximum atomic E-state index is 10.6. The van der Waals surface area contributed by atoms with E-state index in [-0.39, 0.29) is 5.97 Å². The Morgan fingerprint density at radius 3 is 2.67 bits per heavy atom. The number of hydrogen-bond acceptors (Lipinski definition) is 2. The highest BCUT2D eigenvalue weighted by Crippen LogP contribution is 2.01. The lowest BCUT2D eigenvalue weighted by Gasteiger charge is -1.99. The van der Waals surface area contributed by atoms with E-state index >= 15 is 0 Å². The van der Waals surface area contributed by atoms with Crippen molar-refractivity contribution < 1.29 is 9.22 Å². The van der Waals surface area contributed by atoms with E-state index in [2.05, 4.69) is 11.0 Å². The molecule has 0 aliphatic carbocycles.